The van der Waals surface area contributed by atoms with Gasteiger partial charge in [0.1, 0.15) is 6.10 Å². The van der Waals surface area contributed by atoms with Crippen LogP contribution in [0.25, 0.3) is 0 Å². The van der Waals surface area contributed by atoms with Crippen LogP contribution < -0.4 is 0 Å². The zero-order valence-corrected chi connectivity index (χ0v) is 15.0. The predicted molar refractivity (Wildman–Crippen MR) is 110 cm³/mol. The van der Waals surface area contributed by atoms with Gasteiger partial charge in [0.15, 0.2) is 0 Å². The Morgan fingerprint density at radius 3 is 2.11 bits per heavy atom. The van der Waals surface area contributed by atoms with Crippen LogP contribution in [-0.2, 0) is 0 Å². The van der Waals surface area contributed by atoms with E-state index in [9.17, 15) is 5.11 Å². The largest absolute Gasteiger partial charge is 0.376 e. The summed E-state index contributed by atoms with van der Waals surface area (Å²) < 4.78 is 0. The molecule has 0 amide bonds. The number of hydrogen-bond donors (Lipinski definition) is 1. The fourth-order valence-corrected chi connectivity index (χ4v) is 2.43. The zero-order chi connectivity index (χ0) is 18.9. The van der Waals surface area contributed by atoms with Crippen LogP contribution in [0, 0.1) is 42.4 Å². The second kappa shape index (κ2) is 9.12. The van der Waals surface area contributed by atoms with Gasteiger partial charge in [-0.05, 0) is 49.1 Å². The SMILES string of the molecule is Cc1ccc(C#Cc2ccccc2C(O)C#CC#Cc2ccccc2)cc1. The summed E-state index contributed by atoms with van der Waals surface area (Å²) in [5.41, 5.74) is 4.47. The van der Waals surface area contributed by atoms with Gasteiger partial charge in [-0.15, -0.1) is 0 Å². The van der Waals surface area contributed by atoms with Gasteiger partial charge < -0.3 is 5.11 Å². The minimum Gasteiger partial charge on any atom is -0.376 e. The quantitative estimate of drug-likeness (QED) is 0.644. The first-order chi connectivity index (χ1) is 13.2. The Kier molecular flexibility index (Phi) is 6.12. The highest BCUT2D eigenvalue weighted by Gasteiger charge is 2.07. The van der Waals surface area contributed by atoms with Gasteiger partial charge in [0.2, 0.25) is 0 Å². The van der Waals surface area contributed by atoms with Gasteiger partial charge in [0.25, 0.3) is 0 Å². The average Bonchev–Trinajstić information content (AvgIpc) is 2.71. The van der Waals surface area contributed by atoms with Crippen molar-refractivity contribution in [2.24, 2.45) is 0 Å². The molecule has 0 aromatic heterocycles. The monoisotopic (exact) mass is 346 g/mol. The Labute approximate surface area is 160 Å². The Hall–Kier alpha value is -3.70. The Balaban J connectivity index is 1.79. The molecule has 1 nitrogen and oxygen atoms in total. The first-order valence-electron chi connectivity index (χ1n) is 8.64. The number of rotatable bonds is 1. The second-order valence-electron chi connectivity index (χ2n) is 5.99. The molecule has 27 heavy (non-hydrogen) atoms. The molecular weight excluding hydrogens is 328 g/mol. The van der Waals surface area contributed by atoms with Crippen molar-refractivity contribution in [1.29, 1.82) is 0 Å². The van der Waals surface area contributed by atoms with Gasteiger partial charge in [-0.3, -0.25) is 0 Å². The van der Waals surface area contributed by atoms with E-state index in [0.717, 1.165) is 16.7 Å². The molecule has 0 radical (unpaired) electrons. The van der Waals surface area contributed by atoms with E-state index >= 15 is 0 Å². The van der Waals surface area contributed by atoms with Gasteiger partial charge in [-0.1, -0.05) is 77.8 Å². The van der Waals surface area contributed by atoms with Gasteiger partial charge in [-0.25, -0.2) is 0 Å². The number of aliphatic hydroxyl groups is 1. The summed E-state index contributed by atoms with van der Waals surface area (Å²) in [5, 5.41) is 10.4. The topological polar surface area (TPSA) is 20.2 Å². The van der Waals surface area contributed by atoms with Crippen molar-refractivity contribution >= 4 is 0 Å². The molecule has 3 aromatic carbocycles. The molecule has 0 spiro atoms. The van der Waals surface area contributed by atoms with Gasteiger partial charge in [-0.2, -0.15) is 0 Å². The van der Waals surface area contributed by atoms with E-state index in [0.29, 0.717) is 5.56 Å². The fraction of sp³-hybridized carbons (Fsp3) is 0.0769. The first-order valence-corrected chi connectivity index (χ1v) is 8.64. The normalized spacial score (nSPS) is 10.3. The summed E-state index contributed by atoms with van der Waals surface area (Å²) in [6, 6.07) is 25.1. The number of aliphatic hydroxyl groups excluding tert-OH is 1. The van der Waals surface area contributed by atoms with Crippen LogP contribution in [0.5, 0.6) is 0 Å². The molecule has 1 unspecified atom stereocenters. The van der Waals surface area contributed by atoms with E-state index in [2.05, 4.69) is 35.5 Å². The van der Waals surface area contributed by atoms with Crippen LogP contribution in [0.3, 0.4) is 0 Å². The molecule has 1 heteroatoms. The van der Waals surface area contributed by atoms with Crippen molar-refractivity contribution in [3.05, 3.63) is 107 Å². The summed E-state index contributed by atoms with van der Waals surface area (Å²) in [6.07, 6.45) is -0.932. The molecule has 0 saturated carbocycles. The first kappa shape index (κ1) is 18.1. The zero-order valence-electron chi connectivity index (χ0n) is 15.0. The maximum absolute atomic E-state index is 10.4. The molecule has 1 atom stereocenters. The Morgan fingerprint density at radius 1 is 0.667 bits per heavy atom. The van der Waals surface area contributed by atoms with Gasteiger partial charge >= 0.3 is 0 Å². The molecule has 0 fully saturated rings. The summed E-state index contributed by atoms with van der Waals surface area (Å²) in [4.78, 5) is 0. The van der Waals surface area contributed by atoms with Crippen molar-refractivity contribution in [3.8, 4) is 35.5 Å². The molecule has 1 N–H and O–H groups in total. The number of benzene rings is 3. The van der Waals surface area contributed by atoms with Crippen molar-refractivity contribution in [3.63, 3.8) is 0 Å². The van der Waals surface area contributed by atoms with E-state index in [1.54, 1.807) is 0 Å². The third-order valence-electron chi connectivity index (χ3n) is 3.90. The maximum atomic E-state index is 10.4. The molecule has 0 aliphatic rings. The third kappa shape index (κ3) is 5.39. The van der Waals surface area contributed by atoms with Crippen LogP contribution in [-0.4, -0.2) is 5.11 Å². The van der Waals surface area contributed by atoms with E-state index in [1.807, 2.05) is 85.8 Å². The predicted octanol–water partition coefficient (Wildman–Crippen LogP) is 4.48. The molecule has 0 heterocycles. The molecular formula is C26H18O. The number of hydrogen-bond acceptors (Lipinski definition) is 1. The highest BCUT2D eigenvalue weighted by Crippen LogP contribution is 2.16. The lowest BCUT2D eigenvalue weighted by atomic mass is 10.0. The van der Waals surface area contributed by atoms with Crippen molar-refractivity contribution in [2.45, 2.75) is 13.0 Å². The molecule has 128 valence electrons. The van der Waals surface area contributed by atoms with E-state index < -0.39 is 6.10 Å². The summed E-state index contributed by atoms with van der Waals surface area (Å²) in [6.45, 7) is 2.04. The lowest BCUT2D eigenvalue weighted by Crippen LogP contribution is -1.97. The standard InChI is InChI=1S/C26H18O/c1-21-15-17-23(18-16-21)19-20-24-12-6-7-13-25(24)26(27)14-8-5-11-22-9-3-2-4-10-22/h2-4,6-7,9-10,12-13,15-18,26-27H,1H3. The lowest BCUT2D eigenvalue weighted by Gasteiger charge is -2.06. The van der Waals surface area contributed by atoms with E-state index in [1.165, 1.54) is 5.56 Å². The van der Waals surface area contributed by atoms with Gasteiger partial charge in [0, 0.05) is 22.3 Å². The van der Waals surface area contributed by atoms with E-state index in [-0.39, 0.29) is 0 Å². The van der Waals surface area contributed by atoms with Crippen molar-refractivity contribution in [2.75, 3.05) is 0 Å². The third-order valence-corrected chi connectivity index (χ3v) is 3.90. The lowest BCUT2D eigenvalue weighted by molar-refractivity contribution is 0.238. The second-order valence-corrected chi connectivity index (χ2v) is 5.99. The highest BCUT2D eigenvalue weighted by atomic mass is 16.3. The van der Waals surface area contributed by atoms with Crippen LogP contribution in [0.2, 0.25) is 0 Å². The highest BCUT2D eigenvalue weighted by molar-refractivity contribution is 5.49. The average molecular weight is 346 g/mol. The Bertz CT molecular complexity index is 1090. The smallest absolute Gasteiger partial charge is 0.142 e. The minimum atomic E-state index is -0.932. The van der Waals surface area contributed by atoms with Gasteiger partial charge in [0.05, 0.1) is 0 Å². The number of aryl methyl sites for hydroxylation is 1. The molecule has 3 aromatic rings. The summed E-state index contributed by atoms with van der Waals surface area (Å²) >= 11 is 0. The molecule has 3 rings (SSSR count). The van der Waals surface area contributed by atoms with Crippen molar-refractivity contribution in [1.82, 2.24) is 0 Å². The molecule has 0 aliphatic carbocycles. The maximum Gasteiger partial charge on any atom is 0.142 e. The van der Waals surface area contributed by atoms with Crippen LogP contribution >= 0.6 is 0 Å². The fourth-order valence-electron chi connectivity index (χ4n) is 2.43. The summed E-state index contributed by atoms with van der Waals surface area (Å²) in [5.74, 6) is 17.5. The summed E-state index contributed by atoms with van der Waals surface area (Å²) in [7, 11) is 0. The van der Waals surface area contributed by atoms with Crippen LogP contribution in [0.4, 0.5) is 0 Å². The minimum absolute atomic E-state index is 0.686. The van der Waals surface area contributed by atoms with Crippen LogP contribution in [0.1, 0.15) is 33.9 Å². The molecule has 0 aliphatic heterocycles. The molecule has 0 bridgehead atoms. The molecule has 0 saturated heterocycles. The van der Waals surface area contributed by atoms with Crippen molar-refractivity contribution < 1.29 is 5.11 Å². The Morgan fingerprint density at radius 2 is 1.33 bits per heavy atom. The van der Waals surface area contributed by atoms with Crippen LogP contribution in [0.15, 0.2) is 78.9 Å². The van der Waals surface area contributed by atoms with E-state index in [4.69, 9.17) is 0 Å².